The molecule has 9 amide bonds. The Balaban J connectivity index is 0.0000148. The van der Waals surface area contributed by atoms with Gasteiger partial charge in [0.1, 0.15) is 22.5 Å². The van der Waals surface area contributed by atoms with Gasteiger partial charge in [0, 0.05) is 71.0 Å². The number of likely N-dealkylation sites (N-methyl/N-ethyl adjacent to an activating group) is 2. The maximum Gasteiger partial charge on any atom is 2.00 e. The van der Waals surface area contributed by atoms with Crippen LogP contribution in [0.25, 0.3) is 0 Å². The molecule has 4 aliphatic heterocycles. The second kappa shape index (κ2) is 31.4. The van der Waals surface area contributed by atoms with Crippen LogP contribution < -0.4 is 37.7 Å². The van der Waals surface area contributed by atoms with Crippen LogP contribution in [0.15, 0.2) is 33.9 Å². The number of imide groups is 1. The molecule has 1 atom stereocenters. The molecule has 4 bridgehead atoms. The van der Waals surface area contributed by atoms with Gasteiger partial charge in [0.2, 0.25) is 17.7 Å². The monoisotopic (exact) mass is 1080 g/mol. The predicted octanol–water partition coefficient (Wildman–Crippen LogP) is -2.54. The van der Waals surface area contributed by atoms with Gasteiger partial charge in [0.25, 0.3) is 46.6 Å². The molecule has 0 unspecified atom stereocenters. The standard InChI is InChI=1S/C45H60N12O17.Ca/c1-51(70)37(61)27-53-22-5-6-23-54(28-38(62)52(2)71)25-9-21-48-41(65)31-14-16-33(56(73)45(31)69)43(67)50-29(26-49-42(66)32-15-13-30(44(68)55(32)72)40(64)47-20-8-24-53)10-3-4-19-46-34(58)11-7-12-39(63)74-57-35(59)17-18-36(57)60;/h13-16,29H,3-12,17-28H2,1-2H3,(H,46,58)(H,47,64)(H,48,65)(H,49,66)(H,50,67);/q-4;+2/t29-;/m0./s1. The molecule has 0 spiro atoms. The largest absolute Gasteiger partial charge is 2.00 e. The zero-order chi connectivity index (χ0) is 54.5. The number of unbranched alkanes of at least 4 members (excludes halogenated alkanes) is 1. The van der Waals surface area contributed by atoms with Crippen molar-refractivity contribution in [3.63, 3.8) is 0 Å². The van der Waals surface area contributed by atoms with Gasteiger partial charge in [-0.2, -0.15) is 0 Å². The fourth-order valence-electron chi connectivity index (χ4n) is 7.54. The van der Waals surface area contributed by atoms with E-state index in [1.165, 1.54) is 0 Å². The Labute approximate surface area is 459 Å². The Bertz CT molecular complexity index is 2500. The van der Waals surface area contributed by atoms with Crippen LogP contribution >= 0.6 is 0 Å². The Kier molecular flexibility index (Phi) is 26.3. The van der Waals surface area contributed by atoms with Gasteiger partial charge in [-0.1, -0.05) is 0 Å². The Hall–Kier alpha value is -6.50. The first-order chi connectivity index (χ1) is 35.2. The molecule has 0 aliphatic carbocycles. The summed E-state index contributed by atoms with van der Waals surface area (Å²) in [5.41, 5.74) is -5.39. The zero-order valence-electron chi connectivity index (χ0n) is 41.7. The minimum absolute atomic E-state index is 0. The fourth-order valence-corrected chi connectivity index (χ4v) is 7.54. The van der Waals surface area contributed by atoms with Gasteiger partial charge >= 0.3 is 43.7 Å². The maximum absolute atomic E-state index is 13.5. The van der Waals surface area contributed by atoms with Crippen LogP contribution in [0.4, 0.5) is 0 Å². The molecule has 4 aliphatic rings. The first-order valence-corrected chi connectivity index (χ1v) is 23.9. The molecule has 0 saturated carbocycles. The summed E-state index contributed by atoms with van der Waals surface area (Å²) in [6, 6.07) is 2.78. The third-order valence-electron chi connectivity index (χ3n) is 11.7. The topological polar surface area (TPSA) is 393 Å². The van der Waals surface area contributed by atoms with E-state index < -0.39 is 105 Å². The van der Waals surface area contributed by atoms with E-state index in [4.69, 9.17) is 4.84 Å². The van der Waals surface area contributed by atoms with Crippen molar-refractivity contribution in [2.75, 3.05) is 79.5 Å². The summed E-state index contributed by atoms with van der Waals surface area (Å²) in [4.78, 5) is 160. The molecule has 0 aromatic carbocycles. The molecule has 75 heavy (non-hydrogen) atoms. The second-order valence-electron chi connectivity index (χ2n) is 17.3. The van der Waals surface area contributed by atoms with Crippen LogP contribution in [0.1, 0.15) is 119 Å². The number of nitrogens with one attached hydrogen (secondary N) is 5. The molecular weight excluding hydrogens is 1020 g/mol. The minimum atomic E-state index is -1.38. The van der Waals surface area contributed by atoms with Gasteiger partial charge in [-0.25, -0.2) is 4.79 Å². The number of nitrogens with zero attached hydrogens (tertiary/aromatic N) is 7. The summed E-state index contributed by atoms with van der Waals surface area (Å²) in [5, 5.41) is 63.0. The summed E-state index contributed by atoms with van der Waals surface area (Å²) in [6.45, 7) is 0.0354. The van der Waals surface area contributed by atoms with E-state index in [0.29, 0.717) is 17.9 Å². The number of rotatable bonds is 14. The van der Waals surface area contributed by atoms with Crippen molar-refractivity contribution in [3.8, 4) is 0 Å². The van der Waals surface area contributed by atoms with Gasteiger partial charge in [0.05, 0.1) is 13.1 Å². The van der Waals surface area contributed by atoms with Crippen LogP contribution in [0, 0.1) is 20.8 Å². The van der Waals surface area contributed by atoms with E-state index >= 15 is 0 Å². The minimum Gasteiger partial charge on any atom is -0.803 e. The van der Waals surface area contributed by atoms with Crippen molar-refractivity contribution in [3.05, 3.63) is 88.3 Å². The van der Waals surface area contributed by atoms with E-state index in [9.17, 15) is 78.4 Å². The third kappa shape index (κ3) is 19.9. The first-order valence-electron chi connectivity index (χ1n) is 23.9. The number of fused-ring (bicyclic) bond motifs is 2. The van der Waals surface area contributed by atoms with Crippen LogP contribution in [0.3, 0.4) is 0 Å². The SMILES string of the molecule is CN([O-])C(=O)CN1CCCCN(CC(=O)N(C)[O-])CCCNC(=O)c2ccc(n([O-])c2=O)C(=O)N[C@@H](CCCCNC(=O)CCCC(=O)ON2C(=O)CCC2=O)CNC(=O)c2ccc(c(=O)n2[O-])C(=O)NCCC1.[Ca+2]. The molecule has 0 radical (unpaired) electrons. The molecule has 6 rings (SSSR count). The molecule has 30 heteroatoms. The average molecular weight is 1080 g/mol. The summed E-state index contributed by atoms with van der Waals surface area (Å²) in [6.07, 6.45) is 1.47. The molecule has 406 valence electrons. The van der Waals surface area contributed by atoms with E-state index in [1.54, 1.807) is 9.80 Å². The van der Waals surface area contributed by atoms with Gasteiger partial charge < -0.3 is 71.8 Å². The van der Waals surface area contributed by atoms with Crippen LogP contribution in [0.2, 0.25) is 0 Å². The molecule has 1 fully saturated rings. The number of aromatic nitrogens is 2. The van der Waals surface area contributed by atoms with Crippen molar-refractivity contribution in [1.29, 1.82) is 0 Å². The van der Waals surface area contributed by atoms with E-state index in [-0.39, 0.29) is 180 Å². The fraction of sp³-hybridized carbons (Fsp3) is 0.556. The first kappa shape index (κ1) is 62.8. The zero-order valence-corrected chi connectivity index (χ0v) is 43.9. The molecule has 29 nitrogen and oxygen atoms in total. The number of pyridine rings is 2. The summed E-state index contributed by atoms with van der Waals surface area (Å²) >= 11 is 0. The van der Waals surface area contributed by atoms with E-state index in [2.05, 4.69) is 26.6 Å². The van der Waals surface area contributed by atoms with Crippen molar-refractivity contribution in [1.82, 2.24) is 61.0 Å². The molecule has 2 aromatic heterocycles. The number of amides is 9. The number of hydrogen-bond acceptors (Lipinski definition) is 19. The number of hydrogen-bond donors (Lipinski definition) is 5. The van der Waals surface area contributed by atoms with Crippen molar-refractivity contribution < 1.29 is 52.8 Å². The molecule has 5 N–H and O–H groups in total. The van der Waals surface area contributed by atoms with Crippen LogP contribution in [-0.2, 0) is 33.6 Å². The molecular formula is C45H60CaN12O17-2. The van der Waals surface area contributed by atoms with Crippen molar-refractivity contribution >= 4 is 96.9 Å². The van der Waals surface area contributed by atoms with Crippen molar-refractivity contribution in [2.24, 2.45) is 0 Å². The normalized spacial score (nSPS) is 17.2. The number of carbonyl (C=O) groups is 10. The predicted molar refractivity (Wildman–Crippen MR) is 264 cm³/mol. The number of carbonyl (C=O) groups excluding carboxylic acids is 10. The third-order valence-corrected chi connectivity index (χ3v) is 11.7. The Morgan fingerprint density at radius 2 is 1.12 bits per heavy atom. The average Bonchev–Trinajstić information content (AvgIpc) is 3.66. The summed E-state index contributed by atoms with van der Waals surface area (Å²) < 4.78 is -0.593. The molecule has 2 aromatic rings. The molecule has 6 heterocycles. The second-order valence-corrected chi connectivity index (χ2v) is 17.3. The van der Waals surface area contributed by atoms with Crippen LogP contribution in [0.5, 0.6) is 0 Å². The quantitative estimate of drug-likeness (QED) is 0.0563. The maximum atomic E-state index is 13.5. The Morgan fingerprint density at radius 3 is 1.61 bits per heavy atom. The number of hydroxylamine groups is 6. The van der Waals surface area contributed by atoms with Gasteiger partial charge in [-0.05, 0) is 103 Å². The van der Waals surface area contributed by atoms with Gasteiger partial charge in [0.15, 0.2) is 0 Å². The smallest absolute Gasteiger partial charge is 0.803 e. The van der Waals surface area contributed by atoms with Crippen LogP contribution in [-0.4, -0.2) is 217 Å². The Morgan fingerprint density at radius 1 is 0.640 bits per heavy atom. The van der Waals surface area contributed by atoms with Crippen molar-refractivity contribution in [2.45, 2.75) is 83.1 Å². The summed E-state index contributed by atoms with van der Waals surface area (Å²) in [7, 11) is 2.10. The summed E-state index contributed by atoms with van der Waals surface area (Å²) in [5.74, 6) is -8.15. The molecule has 1 saturated heterocycles. The van der Waals surface area contributed by atoms with Gasteiger partial charge in [-0.3, -0.25) is 62.5 Å². The van der Waals surface area contributed by atoms with E-state index in [0.717, 1.165) is 38.4 Å². The van der Waals surface area contributed by atoms with E-state index in [1.807, 2.05) is 0 Å². The van der Waals surface area contributed by atoms with Gasteiger partial charge in [-0.15, -0.1) is 5.06 Å².